The maximum atomic E-state index is 6.22. The molecule has 2 nitrogen and oxygen atoms in total. The van der Waals surface area contributed by atoms with Crippen LogP contribution in [0.25, 0.3) is 0 Å². The Kier molecular flexibility index (Phi) is 7.14. The number of rotatable bonds is 8. The van der Waals surface area contributed by atoms with E-state index >= 15 is 0 Å². The van der Waals surface area contributed by atoms with E-state index in [-0.39, 0.29) is 5.60 Å². The normalized spacial score (nSPS) is 21.4. The first kappa shape index (κ1) is 15.0. The lowest BCUT2D eigenvalue weighted by molar-refractivity contribution is -0.0915. The zero-order valence-electron chi connectivity index (χ0n) is 12.1. The molecule has 1 N–H and O–H groups in total. The summed E-state index contributed by atoms with van der Waals surface area (Å²) in [6.07, 6.45) is 10.3. The predicted molar refractivity (Wildman–Crippen MR) is 74.4 cm³/mol. The number of hydrogen-bond acceptors (Lipinski definition) is 2. The van der Waals surface area contributed by atoms with Gasteiger partial charge in [-0.1, -0.05) is 39.5 Å². The van der Waals surface area contributed by atoms with Crippen molar-refractivity contribution in [3.63, 3.8) is 0 Å². The molecular formula is C15H31NO. The fraction of sp³-hybridized carbons (Fsp3) is 1.00. The first-order valence-electron chi connectivity index (χ1n) is 7.66. The minimum atomic E-state index is 0.137. The largest absolute Gasteiger partial charge is 0.374 e. The van der Waals surface area contributed by atoms with E-state index in [1.54, 1.807) is 0 Å². The van der Waals surface area contributed by atoms with Crippen molar-refractivity contribution in [3.8, 4) is 0 Å². The van der Waals surface area contributed by atoms with Crippen molar-refractivity contribution >= 4 is 0 Å². The average Bonchev–Trinajstić information content (AvgIpc) is 2.36. The maximum absolute atomic E-state index is 6.22. The third-order valence-corrected chi connectivity index (χ3v) is 3.98. The van der Waals surface area contributed by atoms with Gasteiger partial charge in [0.05, 0.1) is 5.60 Å². The summed E-state index contributed by atoms with van der Waals surface area (Å²) in [6.45, 7) is 8.64. The summed E-state index contributed by atoms with van der Waals surface area (Å²) in [7, 11) is 0. The van der Waals surface area contributed by atoms with Crippen molar-refractivity contribution < 1.29 is 4.74 Å². The zero-order chi connectivity index (χ0) is 12.6. The second-order valence-corrected chi connectivity index (χ2v) is 5.35. The minimum absolute atomic E-state index is 0.137. The monoisotopic (exact) mass is 241 g/mol. The second kappa shape index (κ2) is 8.10. The van der Waals surface area contributed by atoms with Gasteiger partial charge in [0.1, 0.15) is 0 Å². The Hall–Kier alpha value is -0.0800. The second-order valence-electron chi connectivity index (χ2n) is 5.35. The Labute approximate surface area is 108 Å². The third-order valence-electron chi connectivity index (χ3n) is 3.98. The molecule has 1 saturated carbocycles. The average molecular weight is 241 g/mol. The van der Waals surface area contributed by atoms with E-state index in [1.807, 2.05) is 0 Å². The Morgan fingerprint density at radius 3 is 2.29 bits per heavy atom. The fourth-order valence-corrected chi connectivity index (χ4v) is 3.19. The third kappa shape index (κ3) is 4.26. The highest BCUT2D eigenvalue weighted by Crippen LogP contribution is 2.36. The smallest absolute Gasteiger partial charge is 0.0834 e. The molecule has 1 rings (SSSR count). The molecule has 0 heterocycles. The van der Waals surface area contributed by atoms with Gasteiger partial charge in [0.2, 0.25) is 0 Å². The highest BCUT2D eigenvalue weighted by molar-refractivity contribution is 4.95. The highest BCUT2D eigenvalue weighted by atomic mass is 16.5. The van der Waals surface area contributed by atoms with Crippen molar-refractivity contribution in [1.29, 1.82) is 0 Å². The molecule has 0 aliphatic heterocycles. The van der Waals surface area contributed by atoms with Gasteiger partial charge in [0.15, 0.2) is 0 Å². The summed E-state index contributed by atoms with van der Waals surface area (Å²) in [5.41, 5.74) is 0.137. The predicted octanol–water partition coefficient (Wildman–Crippen LogP) is 3.89. The number of hydrogen-bond donors (Lipinski definition) is 1. The van der Waals surface area contributed by atoms with E-state index in [9.17, 15) is 0 Å². The summed E-state index contributed by atoms with van der Waals surface area (Å²) in [4.78, 5) is 0. The minimum Gasteiger partial charge on any atom is -0.374 e. The SMILES string of the molecule is CCCNC(CCC)C1(OCC)CCCCC1. The Balaban J connectivity index is 2.67. The van der Waals surface area contributed by atoms with Crippen molar-refractivity contribution in [1.82, 2.24) is 5.32 Å². The van der Waals surface area contributed by atoms with Crippen LogP contribution in [0, 0.1) is 0 Å². The molecule has 0 spiro atoms. The van der Waals surface area contributed by atoms with E-state index in [0.717, 1.165) is 13.2 Å². The molecule has 0 saturated heterocycles. The van der Waals surface area contributed by atoms with Crippen LogP contribution >= 0.6 is 0 Å². The summed E-state index contributed by atoms with van der Waals surface area (Å²) in [6, 6.07) is 0.563. The number of nitrogens with one attached hydrogen (secondary N) is 1. The van der Waals surface area contributed by atoms with Crippen molar-refractivity contribution in [2.24, 2.45) is 0 Å². The van der Waals surface area contributed by atoms with Crippen molar-refractivity contribution in [2.45, 2.75) is 83.8 Å². The lowest BCUT2D eigenvalue weighted by Crippen LogP contribution is -2.53. The summed E-state index contributed by atoms with van der Waals surface area (Å²) in [5.74, 6) is 0. The van der Waals surface area contributed by atoms with E-state index < -0.39 is 0 Å². The molecule has 1 fully saturated rings. The first-order valence-corrected chi connectivity index (χ1v) is 7.66. The zero-order valence-corrected chi connectivity index (χ0v) is 12.1. The molecule has 1 atom stereocenters. The quantitative estimate of drug-likeness (QED) is 0.696. The topological polar surface area (TPSA) is 21.3 Å². The molecule has 0 amide bonds. The van der Waals surface area contributed by atoms with Crippen LogP contribution in [0.1, 0.15) is 72.1 Å². The van der Waals surface area contributed by atoms with Crippen LogP contribution in [-0.2, 0) is 4.74 Å². The highest BCUT2D eigenvalue weighted by Gasteiger charge is 2.39. The maximum Gasteiger partial charge on any atom is 0.0834 e. The standard InChI is InChI=1S/C15H31NO/c1-4-10-14(16-13-5-2)15(17-6-3)11-8-7-9-12-15/h14,16H,4-13H2,1-3H3. The van der Waals surface area contributed by atoms with Crippen molar-refractivity contribution in [3.05, 3.63) is 0 Å². The molecule has 0 aromatic heterocycles. The molecule has 17 heavy (non-hydrogen) atoms. The van der Waals surface area contributed by atoms with Crippen LogP contribution in [-0.4, -0.2) is 24.8 Å². The van der Waals surface area contributed by atoms with E-state index in [1.165, 1.54) is 51.4 Å². The van der Waals surface area contributed by atoms with E-state index in [4.69, 9.17) is 4.74 Å². The van der Waals surface area contributed by atoms with Crippen molar-refractivity contribution in [2.75, 3.05) is 13.2 Å². The lowest BCUT2D eigenvalue weighted by atomic mass is 9.77. The van der Waals surface area contributed by atoms with Crippen LogP contribution in [0.2, 0.25) is 0 Å². The fourth-order valence-electron chi connectivity index (χ4n) is 3.19. The number of ether oxygens (including phenoxy) is 1. The van der Waals surface area contributed by atoms with Gasteiger partial charge in [-0.05, 0) is 39.2 Å². The van der Waals surface area contributed by atoms with E-state index in [2.05, 4.69) is 26.1 Å². The molecular weight excluding hydrogens is 210 g/mol. The molecule has 0 radical (unpaired) electrons. The van der Waals surface area contributed by atoms with Crippen LogP contribution < -0.4 is 5.32 Å². The molecule has 102 valence electrons. The molecule has 0 aromatic carbocycles. The molecule has 1 aliphatic carbocycles. The van der Waals surface area contributed by atoms with Gasteiger partial charge >= 0.3 is 0 Å². The van der Waals surface area contributed by atoms with Gasteiger partial charge < -0.3 is 10.1 Å². The van der Waals surface area contributed by atoms with Crippen LogP contribution in [0.15, 0.2) is 0 Å². The Bertz CT molecular complexity index is 182. The summed E-state index contributed by atoms with van der Waals surface area (Å²) in [5, 5.41) is 3.74. The van der Waals surface area contributed by atoms with Gasteiger partial charge in [-0.3, -0.25) is 0 Å². The molecule has 1 unspecified atom stereocenters. The first-order chi connectivity index (χ1) is 8.29. The Morgan fingerprint density at radius 1 is 1.06 bits per heavy atom. The van der Waals surface area contributed by atoms with E-state index in [0.29, 0.717) is 6.04 Å². The van der Waals surface area contributed by atoms with Crippen LogP contribution in [0.4, 0.5) is 0 Å². The molecule has 0 aromatic rings. The Morgan fingerprint density at radius 2 is 1.76 bits per heavy atom. The van der Waals surface area contributed by atoms with Crippen LogP contribution in [0.5, 0.6) is 0 Å². The summed E-state index contributed by atoms with van der Waals surface area (Å²) < 4.78 is 6.22. The lowest BCUT2D eigenvalue weighted by Gasteiger charge is -2.44. The van der Waals surface area contributed by atoms with Gasteiger partial charge in [-0.15, -0.1) is 0 Å². The molecule has 0 bridgehead atoms. The van der Waals surface area contributed by atoms with Gasteiger partial charge in [-0.25, -0.2) is 0 Å². The van der Waals surface area contributed by atoms with Gasteiger partial charge in [0, 0.05) is 12.6 Å². The van der Waals surface area contributed by atoms with Gasteiger partial charge in [0.25, 0.3) is 0 Å². The summed E-state index contributed by atoms with van der Waals surface area (Å²) >= 11 is 0. The van der Waals surface area contributed by atoms with Crippen LogP contribution in [0.3, 0.4) is 0 Å². The molecule has 2 heteroatoms. The van der Waals surface area contributed by atoms with Gasteiger partial charge in [-0.2, -0.15) is 0 Å². The molecule has 1 aliphatic rings.